The van der Waals surface area contributed by atoms with Gasteiger partial charge in [0.15, 0.2) is 0 Å². The first-order valence-electron chi connectivity index (χ1n) is 7.27. The van der Waals surface area contributed by atoms with Gasteiger partial charge in [0.05, 0.1) is 11.5 Å². The van der Waals surface area contributed by atoms with Crippen molar-refractivity contribution in [3.8, 4) is 0 Å². The van der Waals surface area contributed by atoms with Gasteiger partial charge in [-0.25, -0.2) is 0 Å². The van der Waals surface area contributed by atoms with Crippen molar-refractivity contribution in [1.82, 2.24) is 10.6 Å². The van der Waals surface area contributed by atoms with Gasteiger partial charge < -0.3 is 10.6 Å². The van der Waals surface area contributed by atoms with Crippen molar-refractivity contribution in [3.05, 3.63) is 22.4 Å². The average Bonchev–Trinajstić information content (AvgIpc) is 3.10. The summed E-state index contributed by atoms with van der Waals surface area (Å²) in [6.07, 6.45) is 3.97. The minimum Gasteiger partial charge on any atom is -0.348 e. The highest BCUT2D eigenvalue weighted by Crippen LogP contribution is 2.32. The van der Waals surface area contributed by atoms with Gasteiger partial charge >= 0.3 is 0 Å². The topological polar surface area (TPSA) is 41.1 Å². The van der Waals surface area contributed by atoms with Gasteiger partial charge in [0.2, 0.25) is 5.91 Å². The Morgan fingerprint density at radius 2 is 2.42 bits per heavy atom. The molecule has 3 nitrogen and oxygen atoms in total. The van der Waals surface area contributed by atoms with Crippen LogP contribution in [0, 0.1) is 5.41 Å². The zero-order valence-corrected chi connectivity index (χ0v) is 12.7. The lowest BCUT2D eigenvalue weighted by Gasteiger charge is -2.28. The van der Waals surface area contributed by atoms with Crippen LogP contribution in [-0.4, -0.2) is 19.0 Å². The van der Waals surface area contributed by atoms with Crippen molar-refractivity contribution in [2.75, 3.05) is 13.1 Å². The third kappa shape index (κ3) is 3.18. The lowest BCUT2D eigenvalue weighted by molar-refractivity contribution is -0.131. The van der Waals surface area contributed by atoms with Gasteiger partial charge in [0.1, 0.15) is 0 Å². The minimum atomic E-state index is -0.191. The summed E-state index contributed by atoms with van der Waals surface area (Å²) < 4.78 is 0. The summed E-state index contributed by atoms with van der Waals surface area (Å²) in [6, 6.07) is 4.36. The highest BCUT2D eigenvalue weighted by Gasteiger charge is 2.40. The smallest absolute Gasteiger partial charge is 0.228 e. The fourth-order valence-corrected chi connectivity index (χ4v) is 3.59. The quantitative estimate of drug-likeness (QED) is 0.840. The lowest BCUT2D eigenvalue weighted by Crippen LogP contribution is -2.43. The van der Waals surface area contributed by atoms with E-state index in [9.17, 15) is 4.79 Å². The molecule has 1 aromatic rings. The molecule has 2 heterocycles. The molecule has 0 aliphatic carbocycles. The Balaban J connectivity index is 2.06. The SMILES string of the molecule is CCCC(NC(=O)C1(CC)CCNC1)c1cccs1. The molecule has 1 aromatic heterocycles. The van der Waals surface area contributed by atoms with E-state index in [1.807, 2.05) is 0 Å². The fraction of sp³-hybridized carbons (Fsp3) is 0.667. The Bertz CT molecular complexity index is 396. The molecule has 1 aliphatic heterocycles. The zero-order valence-electron chi connectivity index (χ0n) is 11.9. The Hall–Kier alpha value is -0.870. The first-order chi connectivity index (χ1) is 9.22. The zero-order chi connectivity index (χ0) is 13.7. The fourth-order valence-electron chi connectivity index (χ4n) is 2.77. The van der Waals surface area contributed by atoms with E-state index >= 15 is 0 Å². The second-order valence-electron chi connectivity index (χ2n) is 5.39. The predicted molar refractivity (Wildman–Crippen MR) is 80.3 cm³/mol. The summed E-state index contributed by atoms with van der Waals surface area (Å²) in [5.41, 5.74) is -0.191. The Kier molecular flexibility index (Phi) is 4.99. The van der Waals surface area contributed by atoms with Crippen LogP contribution in [0.3, 0.4) is 0 Å². The van der Waals surface area contributed by atoms with Gasteiger partial charge in [-0.3, -0.25) is 4.79 Å². The Morgan fingerprint density at radius 3 is 2.95 bits per heavy atom. The van der Waals surface area contributed by atoms with E-state index in [4.69, 9.17) is 0 Å². The van der Waals surface area contributed by atoms with Crippen molar-refractivity contribution in [2.45, 2.75) is 45.6 Å². The number of carbonyl (C=O) groups is 1. The van der Waals surface area contributed by atoms with Crippen molar-refractivity contribution >= 4 is 17.2 Å². The highest BCUT2D eigenvalue weighted by molar-refractivity contribution is 7.10. The van der Waals surface area contributed by atoms with Crippen LogP contribution in [0.15, 0.2) is 17.5 Å². The summed E-state index contributed by atoms with van der Waals surface area (Å²) in [5, 5.41) is 8.69. The first kappa shape index (κ1) is 14.5. The number of amides is 1. The molecule has 106 valence electrons. The summed E-state index contributed by atoms with van der Waals surface area (Å²) in [6.45, 7) is 6.06. The van der Waals surface area contributed by atoms with Crippen LogP contribution in [0.2, 0.25) is 0 Å². The average molecular weight is 280 g/mol. The number of nitrogens with one attached hydrogen (secondary N) is 2. The van der Waals surface area contributed by atoms with Crippen molar-refractivity contribution < 1.29 is 4.79 Å². The molecular weight excluding hydrogens is 256 g/mol. The van der Waals surface area contributed by atoms with Crippen LogP contribution in [0.1, 0.15) is 50.4 Å². The molecule has 4 heteroatoms. The number of hydrogen-bond acceptors (Lipinski definition) is 3. The summed E-state index contributed by atoms with van der Waals surface area (Å²) >= 11 is 1.73. The molecule has 1 amide bonds. The van der Waals surface area contributed by atoms with E-state index in [0.29, 0.717) is 0 Å². The molecule has 0 radical (unpaired) electrons. The number of hydrogen-bond donors (Lipinski definition) is 2. The minimum absolute atomic E-state index is 0.182. The van der Waals surface area contributed by atoms with Gasteiger partial charge in [-0.15, -0.1) is 11.3 Å². The predicted octanol–water partition coefficient (Wildman–Crippen LogP) is 3.10. The van der Waals surface area contributed by atoms with E-state index in [1.165, 1.54) is 4.88 Å². The molecule has 0 bridgehead atoms. The monoisotopic (exact) mass is 280 g/mol. The first-order valence-corrected chi connectivity index (χ1v) is 8.15. The highest BCUT2D eigenvalue weighted by atomic mass is 32.1. The molecule has 2 rings (SSSR count). The van der Waals surface area contributed by atoms with Crippen LogP contribution in [0.4, 0.5) is 0 Å². The number of rotatable bonds is 6. The van der Waals surface area contributed by atoms with E-state index in [0.717, 1.165) is 38.8 Å². The molecule has 1 saturated heterocycles. The summed E-state index contributed by atoms with van der Waals surface area (Å²) in [5.74, 6) is 0.229. The molecule has 2 atom stereocenters. The van der Waals surface area contributed by atoms with E-state index in [1.54, 1.807) is 11.3 Å². The maximum Gasteiger partial charge on any atom is 0.228 e. The standard InChI is InChI=1S/C15H24N2OS/c1-3-6-12(13-7-5-10-19-13)17-14(18)15(4-2)8-9-16-11-15/h5,7,10,12,16H,3-4,6,8-9,11H2,1-2H3,(H,17,18). The molecule has 2 N–H and O–H groups in total. The molecule has 0 aromatic carbocycles. The van der Waals surface area contributed by atoms with Crippen LogP contribution < -0.4 is 10.6 Å². The Morgan fingerprint density at radius 1 is 1.58 bits per heavy atom. The van der Waals surface area contributed by atoms with Gasteiger partial charge in [0.25, 0.3) is 0 Å². The number of carbonyl (C=O) groups excluding carboxylic acids is 1. The van der Waals surface area contributed by atoms with Crippen molar-refractivity contribution in [2.24, 2.45) is 5.41 Å². The van der Waals surface area contributed by atoms with Gasteiger partial charge in [-0.2, -0.15) is 0 Å². The second kappa shape index (κ2) is 6.53. The van der Waals surface area contributed by atoms with E-state index in [2.05, 4.69) is 42.0 Å². The van der Waals surface area contributed by atoms with E-state index in [-0.39, 0.29) is 17.4 Å². The molecule has 0 spiro atoms. The summed E-state index contributed by atoms with van der Waals surface area (Å²) in [4.78, 5) is 13.9. The third-order valence-electron chi connectivity index (χ3n) is 4.17. The molecule has 19 heavy (non-hydrogen) atoms. The maximum atomic E-state index is 12.6. The van der Waals surface area contributed by atoms with Gasteiger partial charge in [-0.1, -0.05) is 26.3 Å². The van der Waals surface area contributed by atoms with E-state index < -0.39 is 0 Å². The van der Waals surface area contributed by atoms with Crippen LogP contribution >= 0.6 is 11.3 Å². The molecule has 0 saturated carbocycles. The summed E-state index contributed by atoms with van der Waals surface area (Å²) in [7, 11) is 0. The molecule has 2 unspecified atom stereocenters. The van der Waals surface area contributed by atoms with Crippen LogP contribution in [0.25, 0.3) is 0 Å². The van der Waals surface area contributed by atoms with Crippen molar-refractivity contribution in [1.29, 1.82) is 0 Å². The lowest BCUT2D eigenvalue weighted by atomic mass is 9.83. The maximum absolute atomic E-state index is 12.6. The van der Waals surface area contributed by atoms with Gasteiger partial charge in [-0.05, 0) is 37.3 Å². The normalized spacial score (nSPS) is 24.3. The molecule has 1 aliphatic rings. The van der Waals surface area contributed by atoms with Gasteiger partial charge in [0, 0.05) is 11.4 Å². The Labute approximate surface area is 119 Å². The van der Waals surface area contributed by atoms with Crippen LogP contribution in [-0.2, 0) is 4.79 Å². The molecule has 1 fully saturated rings. The molecular formula is C15H24N2OS. The number of thiophene rings is 1. The van der Waals surface area contributed by atoms with Crippen molar-refractivity contribution in [3.63, 3.8) is 0 Å². The second-order valence-corrected chi connectivity index (χ2v) is 6.37. The third-order valence-corrected chi connectivity index (χ3v) is 5.16. The van der Waals surface area contributed by atoms with Crippen LogP contribution in [0.5, 0.6) is 0 Å². The largest absolute Gasteiger partial charge is 0.348 e.